The Morgan fingerprint density at radius 1 is 1.42 bits per heavy atom. The number of carbonyl (C=O) groups excluding carboxylic acids is 2. The Bertz CT molecular complexity index is 735. The summed E-state index contributed by atoms with van der Waals surface area (Å²) in [5.41, 5.74) is 2.45. The molecule has 0 bridgehead atoms. The average molecular weight is 361 g/mol. The smallest absolute Gasteiger partial charge is 0.408 e. The third kappa shape index (κ3) is 3.82. The summed E-state index contributed by atoms with van der Waals surface area (Å²) in [6, 6.07) is 1.41. The summed E-state index contributed by atoms with van der Waals surface area (Å²) in [6.07, 6.45) is 1.57. The Morgan fingerprint density at radius 2 is 2.12 bits per heavy atom. The molecule has 7 nitrogen and oxygen atoms in total. The Labute approximate surface area is 153 Å². The molecule has 2 N–H and O–H groups in total. The van der Waals surface area contributed by atoms with Crippen LogP contribution in [0.3, 0.4) is 0 Å². The van der Waals surface area contributed by atoms with E-state index in [-0.39, 0.29) is 17.9 Å². The number of hydrogen-bond acceptors (Lipinski definition) is 5. The molecule has 0 aromatic carbocycles. The van der Waals surface area contributed by atoms with Gasteiger partial charge in [-0.25, -0.2) is 4.79 Å². The van der Waals surface area contributed by atoms with Crippen LogP contribution in [0.1, 0.15) is 73.9 Å². The van der Waals surface area contributed by atoms with Crippen LogP contribution in [-0.2, 0) is 21.4 Å². The van der Waals surface area contributed by atoms with E-state index in [0.717, 1.165) is 24.1 Å². The van der Waals surface area contributed by atoms with Crippen LogP contribution in [0.25, 0.3) is 0 Å². The summed E-state index contributed by atoms with van der Waals surface area (Å²) in [4.78, 5) is 29.3. The third-order valence-corrected chi connectivity index (χ3v) is 4.80. The molecule has 1 atom stereocenters. The van der Waals surface area contributed by atoms with Crippen LogP contribution >= 0.6 is 0 Å². The highest BCUT2D eigenvalue weighted by Gasteiger charge is 2.42. The molecule has 1 saturated carbocycles. The highest BCUT2D eigenvalue weighted by Crippen LogP contribution is 2.47. The quantitative estimate of drug-likeness (QED) is 0.841. The van der Waals surface area contributed by atoms with Crippen molar-refractivity contribution in [1.82, 2.24) is 15.6 Å². The minimum absolute atomic E-state index is 0.0101. The number of methoxy groups -OCH3 is 1. The number of ether oxygens (including phenoxy) is 2. The largest absolute Gasteiger partial charge is 0.444 e. The van der Waals surface area contributed by atoms with Crippen molar-refractivity contribution in [1.29, 1.82) is 0 Å². The van der Waals surface area contributed by atoms with Gasteiger partial charge >= 0.3 is 6.09 Å². The number of pyridine rings is 1. The van der Waals surface area contributed by atoms with Gasteiger partial charge in [-0.2, -0.15) is 0 Å². The van der Waals surface area contributed by atoms with Crippen LogP contribution in [-0.4, -0.2) is 36.3 Å². The van der Waals surface area contributed by atoms with Gasteiger partial charge in [0.05, 0.1) is 18.3 Å². The number of carbonyl (C=O) groups is 2. The Hall–Kier alpha value is -2.15. The summed E-state index contributed by atoms with van der Waals surface area (Å²) in [7, 11) is 1.57. The van der Waals surface area contributed by atoms with Gasteiger partial charge in [0.25, 0.3) is 5.91 Å². The number of fused-ring (bicyclic) bond motifs is 1. The van der Waals surface area contributed by atoms with E-state index < -0.39 is 17.7 Å². The van der Waals surface area contributed by atoms with Gasteiger partial charge in [-0.15, -0.1) is 0 Å². The predicted octanol–water partition coefficient (Wildman–Crippen LogP) is 2.59. The van der Waals surface area contributed by atoms with E-state index in [2.05, 4.69) is 17.6 Å². The monoisotopic (exact) mass is 361 g/mol. The molecule has 1 aromatic heterocycles. The summed E-state index contributed by atoms with van der Waals surface area (Å²) < 4.78 is 10.7. The van der Waals surface area contributed by atoms with Crippen molar-refractivity contribution in [2.24, 2.45) is 0 Å². The SMILES string of the molecule is COC[C@@H](NC(=O)OC(C)(C)C)c1nc(C2(C)CC2)cc2c1CNC2=O. The second-order valence-electron chi connectivity index (χ2n) is 8.32. The first kappa shape index (κ1) is 18.6. The zero-order valence-corrected chi connectivity index (χ0v) is 16.1. The molecule has 7 heteroatoms. The van der Waals surface area contributed by atoms with E-state index in [1.165, 1.54) is 0 Å². The standard InChI is InChI=1S/C19H27N3O4/c1-18(2,3)26-17(24)21-13(10-25-5)15-12-9-20-16(23)11(12)8-14(22-15)19(4)6-7-19/h8,13H,6-7,9-10H2,1-5H3,(H,20,23)(H,21,24)/t13-/m1/s1. The first-order chi connectivity index (χ1) is 12.1. The second-order valence-corrected chi connectivity index (χ2v) is 8.32. The average Bonchev–Trinajstić information content (AvgIpc) is 3.18. The lowest BCUT2D eigenvalue weighted by molar-refractivity contribution is 0.0465. The molecule has 142 valence electrons. The van der Waals surface area contributed by atoms with Gasteiger partial charge in [0.1, 0.15) is 5.60 Å². The molecular weight excluding hydrogens is 334 g/mol. The fourth-order valence-corrected chi connectivity index (χ4v) is 3.09. The summed E-state index contributed by atoms with van der Waals surface area (Å²) in [6.45, 7) is 8.22. The maximum absolute atomic E-state index is 12.3. The van der Waals surface area contributed by atoms with Gasteiger partial charge in [0.2, 0.25) is 0 Å². The molecule has 2 heterocycles. The zero-order chi connectivity index (χ0) is 19.1. The molecule has 1 aromatic rings. The fraction of sp³-hybridized carbons (Fsp3) is 0.632. The van der Waals surface area contributed by atoms with Gasteiger partial charge in [-0.3, -0.25) is 9.78 Å². The lowest BCUT2D eigenvalue weighted by atomic mass is 9.97. The summed E-state index contributed by atoms with van der Waals surface area (Å²) in [5, 5.41) is 5.70. The normalized spacial score (nSPS) is 18.7. The molecule has 2 aliphatic rings. The topological polar surface area (TPSA) is 89.6 Å². The van der Waals surface area contributed by atoms with Crippen molar-refractivity contribution >= 4 is 12.0 Å². The van der Waals surface area contributed by atoms with Gasteiger partial charge in [-0.05, 0) is 39.7 Å². The molecule has 0 saturated heterocycles. The molecule has 1 aliphatic heterocycles. The van der Waals surface area contributed by atoms with E-state index in [1.54, 1.807) is 7.11 Å². The first-order valence-electron chi connectivity index (χ1n) is 8.94. The van der Waals surface area contributed by atoms with E-state index in [1.807, 2.05) is 26.8 Å². The van der Waals surface area contributed by atoms with Gasteiger partial charge in [0.15, 0.2) is 0 Å². The van der Waals surface area contributed by atoms with Crippen LogP contribution < -0.4 is 10.6 Å². The van der Waals surface area contributed by atoms with E-state index in [9.17, 15) is 9.59 Å². The van der Waals surface area contributed by atoms with Gasteiger partial charge in [-0.1, -0.05) is 6.92 Å². The number of rotatable bonds is 5. The molecule has 1 fully saturated rings. The van der Waals surface area contributed by atoms with Crippen molar-refractivity contribution in [2.75, 3.05) is 13.7 Å². The van der Waals surface area contributed by atoms with Crippen LogP contribution in [0, 0.1) is 0 Å². The molecule has 26 heavy (non-hydrogen) atoms. The van der Waals surface area contributed by atoms with Crippen molar-refractivity contribution < 1.29 is 19.1 Å². The second kappa shape index (κ2) is 6.54. The lowest BCUT2D eigenvalue weighted by Crippen LogP contribution is -2.37. The molecule has 2 amide bonds. The highest BCUT2D eigenvalue weighted by atomic mass is 16.6. The third-order valence-electron chi connectivity index (χ3n) is 4.80. The first-order valence-corrected chi connectivity index (χ1v) is 8.94. The number of aromatic nitrogens is 1. The van der Waals surface area contributed by atoms with Crippen LogP contribution in [0.15, 0.2) is 6.07 Å². The maximum atomic E-state index is 12.3. The lowest BCUT2D eigenvalue weighted by Gasteiger charge is -2.25. The molecular formula is C19H27N3O4. The highest BCUT2D eigenvalue weighted by molar-refractivity contribution is 5.98. The van der Waals surface area contributed by atoms with E-state index in [4.69, 9.17) is 14.5 Å². The fourth-order valence-electron chi connectivity index (χ4n) is 3.09. The Balaban J connectivity index is 1.96. The van der Waals surface area contributed by atoms with Gasteiger partial charge < -0.3 is 20.1 Å². The minimum Gasteiger partial charge on any atom is -0.444 e. The van der Waals surface area contributed by atoms with E-state index >= 15 is 0 Å². The van der Waals surface area contributed by atoms with Gasteiger partial charge in [0, 0.05) is 35.9 Å². The number of nitrogens with one attached hydrogen (secondary N) is 2. The number of hydrogen-bond donors (Lipinski definition) is 2. The molecule has 3 rings (SSSR count). The summed E-state index contributed by atoms with van der Waals surface area (Å²) in [5.74, 6) is -0.0948. The Kier molecular flexibility index (Phi) is 4.69. The van der Waals surface area contributed by atoms with Crippen molar-refractivity contribution in [3.8, 4) is 0 Å². The van der Waals surface area contributed by atoms with Crippen molar-refractivity contribution in [2.45, 2.75) is 64.1 Å². The molecule has 0 unspecified atom stereocenters. The van der Waals surface area contributed by atoms with E-state index in [0.29, 0.717) is 17.8 Å². The zero-order valence-electron chi connectivity index (χ0n) is 16.1. The number of alkyl carbamates (subject to hydrolysis) is 1. The van der Waals surface area contributed by atoms with Crippen molar-refractivity contribution in [3.63, 3.8) is 0 Å². The summed E-state index contributed by atoms with van der Waals surface area (Å²) >= 11 is 0. The maximum Gasteiger partial charge on any atom is 0.408 e. The predicted molar refractivity (Wildman–Crippen MR) is 96.0 cm³/mol. The number of amides is 2. The minimum atomic E-state index is -0.599. The Morgan fingerprint density at radius 3 is 2.69 bits per heavy atom. The van der Waals surface area contributed by atoms with Crippen LogP contribution in [0.4, 0.5) is 4.79 Å². The molecule has 0 radical (unpaired) electrons. The van der Waals surface area contributed by atoms with Crippen LogP contribution in [0.2, 0.25) is 0 Å². The number of nitrogens with zero attached hydrogens (tertiary/aromatic N) is 1. The van der Waals surface area contributed by atoms with Crippen molar-refractivity contribution in [3.05, 3.63) is 28.6 Å². The molecule has 1 aliphatic carbocycles. The molecule has 0 spiro atoms. The van der Waals surface area contributed by atoms with Crippen LogP contribution in [0.5, 0.6) is 0 Å².